The van der Waals surface area contributed by atoms with Crippen molar-refractivity contribution in [1.29, 1.82) is 0 Å². The zero-order valence-corrected chi connectivity index (χ0v) is 13.5. The van der Waals surface area contributed by atoms with Gasteiger partial charge in [-0.3, -0.25) is 4.79 Å². The summed E-state index contributed by atoms with van der Waals surface area (Å²) in [5, 5.41) is 0. The fourth-order valence-electron chi connectivity index (χ4n) is 3.02. The van der Waals surface area contributed by atoms with Crippen molar-refractivity contribution in [1.82, 2.24) is 4.90 Å². The van der Waals surface area contributed by atoms with Crippen molar-refractivity contribution >= 4 is 18.3 Å². The molecule has 1 aliphatic carbocycles. The number of hydrogen-bond acceptors (Lipinski definition) is 2. The summed E-state index contributed by atoms with van der Waals surface area (Å²) in [5.74, 6) is 0.860. The lowest BCUT2D eigenvalue weighted by Crippen LogP contribution is -2.36. The van der Waals surface area contributed by atoms with Crippen LogP contribution >= 0.6 is 12.4 Å². The molecule has 4 heteroatoms. The lowest BCUT2D eigenvalue weighted by molar-refractivity contribution is -0.133. The number of halogens is 1. The normalized spacial score (nSPS) is 15.3. The highest BCUT2D eigenvalue weighted by atomic mass is 35.5. The Labute approximate surface area is 134 Å². The van der Waals surface area contributed by atoms with Gasteiger partial charge in [-0.05, 0) is 24.3 Å². The average Bonchev–Trinajstić information content (AvgIpc) is 2.49. The molecule has 0 unspecified atom stereocenters. The summed E-state index contributed by atoms with van der Waals surface area (Å²) >= 11 is 0. The molecule has 1 aromatic rings. The average molecular weight is 311 g/mol. The standard InChI is InChI=1S/C17H26N2O.ClH/c18-11-12-19(14-16-9-5-2-6-10-16)17(20)13-15-7-3-1-4-8-15;/h2,5-6,9-10,15H,1,3-4,7-8,11-14,18H2;1H. The molecular weight excluding hydrogens is 284 g/mol. The molecule has 0 radical (unpaired) electrons. The van der Waals surface area contributed by atoms with Gasteiger partial charge in [0.05, 0.1) is 0 Å². The maximum atomic E-state index is 12.5. The van der Waals surface area contributed by atoms with Crippen LogP contribution in [-0.4, -0.2) is 23.9 Å². The van der Waals surface area contributed by atoms with Gasteiger partial charge in [-0.1, -0.05) is 49.6 Å². The third-order valence-corrected chi connectivity index (χ3v) is 4.16. The Hall–Kier alpha value is -1.06. The van der Waals surface area contributed by atoms with E-state index in [-0.39, 0.29) is 18.3 Å². The largest absolute Gasteiger partial charge is 0.337 e. The van der Waals surface area contributed by atoms with Crippen LogP contribution in [-0.2, 0) is 11.3 Å². The van der Waals surface area contributed by atoms with Crippen molar-refractivity contribution in [3.63, 3.8) is 0 Å². The van der Waals surface area contributed by atoms with Gasteiger partial charge in [0, 0.05) is 26.1 Å². The predicted molar refractivity (Wildman–Crippen MR) is 89.4 cm³/mol. The summed E-state index contributed by atoms with van der Waals surface area (Å²) in [7, 11) is 0. The molecule has 2 N–H and O–H groups in total. The highest BCUT2D eigenvalue weighted by Gasteiger charge is 2.20. The predicted octanol–water partition coefficient (Wildman–Crippen LogP) is 3.37. The van der Waals surface area contributed by atoms with Crippen LogP contribution in [0.15, 0.2) is 30.3 Å². The number of hydrogen-bond donors (Lipinski definition) is 1. The molecular formula is C17H27ClN2O. The Kier molecular flexibility index (Phi) is 8.40. The lowest BCUT2D eigenvalue weighted by atomic mass is 9.86. The number of carbonyl (C=O) groups excluding carboxylic acids is 1. The molecule has 1 amide bonds. The van der Waals surface area contributed by atoms with Gasteiger partial charge in [0.1, 0.15) is 0 Å². The molecule has 0 atom stereocenters. The van der Waals surface area contributed by atoms with Crippen LogP contribution in [0.3, 0.4) is 0 Å². The van der Waals surface area contributed by atoms with E-state index in [1.807, 2.05) is 23.1 Å². The molecule has 0 aromatic heterocycles. The van der Waals surface area contributed by atoms with Crippen LogP contribution in [0.25, 0.3) is 0 Å². The van der Waals surface area contributed by atoms with Gasteiger partial charge in [-0.25, -0.2) is 0 Å². The first kappa shape index (κ1) is 18.0. The summed E-state index contributed by atoms with van der Waals surface area (Å²) in [6.45, 7) is 1.87. The molecule has 2 rings (SSSR count). The Morgan fingerprint density at radius 1 is 1.14 bits per heavy atom. The molecule has 118 valence electrons. The molecule has 1 aromatic carbocycles. The third kappa shape index (κ3) is 6.06. The van der Waals surface area contributed by atoms with E-state index in [4.69, 9.17) is 5.73 Å². The van der Waals surface area contributed by atoms with Crippen molar-refractivity contribution in [3.05, 3.63) is 35.9 Å². The first-order valence-corrected chi connectivity index (χ1v) is 7.81. The molecule has 0 heterocycles. The molecule has 0 aliphatic heterocycles. The summed E-state index contributed by atoms with van der Waals surface area (Å²) in [5.41, 5.74) is 6.84. The second-order valence-corrected chi connectivity index (χ2v) is 5.80. The van der Waals surface area contributed by atoms with E-state index >= 15 is 0 Å². The Morgan fingerprint density at radius 3 is 2.43 bits per heavy atom. The summed E-state index contributed by atoms with van der Waals surface area (Å²) in [6.07, 6.45) is 7.04. The van der Waals surface area contributed by atoms with E-state index in [0.717, 1.165) is 0 Å². The molecule has 1 fully saturated rings. The second-order valence-electron chi connectivity index (χ2n) is 5.80. The Bertz CT molecular complexity index is 405. The quantitative estimate of drug-likeness (QED) is 0.875. The van der Waals surface area contributed by atoms with Crippen LogP contribution in [0.2, 0.25) is 0 Å². The molecule has 21 heavy (non-hydrogen) atoms. The van der Waals surface area contributed by atoms with Crippen molar-refractivity contribution in [2.24, 2.45) is 11.7 Å². The van der Waals surface area contributed by atoms with E-state index in [1.54, 1.807) is 0 Å². The van der Waals surface area contributed by atoms with Gasteiger partial charge < -0.3 is 10.6 Å². The smallest absolute Gasteiger partial charge is 0.223 e. The van der Waals surface area contributed by atoms with Gasteiger partial charge >= 0.3 is 0 Å². The number of benzene rings is 1. The fraction of sp³-hybridized carbons (Fsp3) is 0.588. The SMILES string of the molecule is Cl.NCCN(Cc1ccccc1)C(=O)CC1CCCCC1. The Morgan fingerprint density at radius 2 is 1.81 bits per heavy atom. The highest BCUT2D eigenvalue weighted by Crippen LogP contribution is 2.27. The molecule has 1 aliphatic rings. The number of amides is 1. The van der Waals surface area contributed by atoms with Crippen LogP contribution in [0.5, 0.6) is 0 Å². The summed E-state index contributed by atoms with van der Waals surface area (Å²) < 4.78 is 0. The summed E-state index contributed by atoms with van der Waals surface area (Å²) in [6, 6.07) is 10.2. The zero-order chi connectivity index (χ0) is 14.2. The molecule has 1 saturated carbocycles. The van der Waals surface area contributed by atoms with Gasteiger partial charge in [-0.2, -0.15) is 0 Å². The van der Waals surface area contributed by atoms with Gasteiger partial charge in [0.25, 0.3) is 0 Å². The van der Waals surface area contributed by atoms with Gasteiger partial charge in [0.2, 0.25) is 5.91 Å². The fourth-order valence-corrected chi connectivity index (χ4v) is 3.02. The minimum Gasteiger partial charge on any atom is -0.337 e. The van der Waals surface area contributed by atoms with E-state index in [1.165, 1.54) is 37.7 Å². The van der Waals surface area contributed by atoms with Gasteiger partial charge in [-0.15, -0.1) is 12.4 Å². The van der Waals surface area contributed by atoms with Crippen LogP contribution in [0, 0.1) is 5.92 Å². The minimum atomic E-state index is 0. The highest BCUT2D eigenvalue weighted by molar-refractivity contribution is 5.85. The number of nitrogens with two attached hydrogens (primary N) is 1. The monoisotopic (exact) mass is 310 g/mol. The first-order chi connectivity index (χ1) is 9.79. The van der Waals surface area contributed by atoms with Crippen molar-refractivity contribution < 1.29 is 4.79 Å². The zero-order valence-electron chi connectivity index (χ0n) is 12.7. The van der Waals surface area contributed by atoms with E-state index < -0.39 is 0 Å². The third-order valence-electron chi connectivity index (χ3n) is 4.16. The van der Waals surface area contributed by atoms with E-state index in [2.05, 4.69) is 12.1 Å². The Balaban J connectivity index is 0.00000220. The number of carbonyl (C=O) groups is 1. The first-order valence-electron chi connectivity index (χ1n) is 7.81. The van der Waals surface area contributed by atoms with Crippen molar-refractivity contribution in [2.45, 2.75) is 45.1 Å². The van der Waals surface area contributed by atoms with Crippen molar-refractivity contribution in [2.75, 3.05) is 13.1 Å². The topological polar surface area (TPSA) is 46.3 Å². The molecule has 0 bridgehead atoms. The minimum absolute atomic E-state index is 0. The molecule has 3 nitrogen and oxygen atoms in total. The number of rotatable bonds is 6. The second kappa shape index (κ2) is 9.80. The maximum Gasteiger partial charge on any atom is 0.223 e. The van der Waals surface area contributed by atoms with Crippen LogP contribution in [0.1, 0.15) is 44.1 Å². The van der Waals surface area contributed by atoms with Crippen LogP contribution < -0.4 is 5.73 Å². The van der Waals surface area contributed by atoms with Gasteiger partial charge in [0.15, 0.2) is 0 Å². The summed E-state index contributed by atoms with van der Waals surface area (Å²) in [4.78, 5) is 14.4. The molecule has 0 saturated heterocycles. The van der Waals surface area contributed by atoms with E-state index in [0.29, 0.717) is 32.0 Å². The van der Waals surface area contributed by atoms with Crippen molar-refractivity contribution in [3.8, 4) is 0 Å². The lowest BCUT2D eigenvalue weighted by Gasteiger charge is -2.26. The molecule has 0 spiro atoms. The van der Waals surface area contributed by atoms with E-state index in [9.17, 15) is 4.79 Å². The maximum absolute atomic E-state index is 12.5. The van der Waals surface area contributed by atoms with Crippen LogP contribution in [0.4, 0.5) is 0 Å². The number of nitrogens with zero attached hydrogens (tertiary/aromatic N) is 1.